The van der Waals surface area contributed by atoms with Crippen LogP contribution in [0, 0.1) is 7.27 Å². The van der Waals surface area contributed by atoms with Crippen LogP contribution in [0.15, 0.2) is 16.7 Å². The Morgan fingerprint density at radius 1 is 1.44 bits per heavy atom. The minimum Gasteiger partial charge on any atom is -0.249 e. The van der Waals surface area contributed by atoms with E-state index in [0.29, 0.717) is 0 Å². The Hall–Kier alpha value is 1.09. The molecule has 48 valence electrons. The first kappa shape index (κ1) is 8.19. The van der Waals surface area contributed by atoms with E-state index in [-0.39, 0.29) is 0 Å². The molecule has 1 nitrogen and oxygen atoms in total. The fraction of sp³-hybridized carbons (Fsp3) is 0. The SMILES string of the molecule is Brc1c(I)ccnc1I. The fourth-order valence-electron chi connectivity index (χ4n) is 0.397. The van der Waals surface area contributed by atoms with Crippen LogP contribution in [0.25, 0.3) is 0 Å². The van der Waals surface area contributed by atoms with Gasteiger partial charge < -0.3 is 0 Å². The highest BCUT2D eigenvalue weighted by Gasteiger charge is 1.98. The van der Waals surface area contributed by atoms with Crippen molar-refractivity contribution in [3.63, 3.8) is 0 Å². The standard InChI is InChI=1S/C5H2BrI2N/c6-4-3(7)1-2-9-5(4)8/h1-2H. The summed E-state index contributed by atoms with van der Waals surface area (Å²) in [5.41, 5.74) is 0. The van der Waals surface area contributed by atoms with Crippen molar-refractivity contribution in [3.05, 3.63) is 24.0 Å². The molecular weight excluding hydrogens is 408 g/mol. The van der Waals surface area contributed by atoms with Crippen LogP contribution in [-0.4, -0.2) is 4.98 Å². The number of rotatable bonds is 0. The largest absolute Gasteiger partial charge is 0.249 e. The maximum atomic E-state index is 4.07. The van der Waals surface area contributed by atoms with E-state index >= 15 is 0 Å². The van der Waals surface area contributed by atoms with Crippen LogP contribution in [0.5, 0.6) is 0 Å². The molecule has 1 aromatic rings. The molecule has 0 aliphatic heterocycles. The Morgan fingerprint density at radius 3 is 2.56 bits per heavy atom. The smallest absolute Gasteiger partial charge is 0.116 e. The zero-order chi connectivity index (χ0) is 6.85. The number of hydrogen-bond donors (Lipinski definition) is 0. The molecule has 0 saturated carbocycles. The topological polar surface area (TPSA) is 12.9 Å². The van der Waals surface area contributed by atoms with Crippen molar-refractivity contribution in [2.45, 2.75) is 0 Å². The van der Waals surface area contributed by atoms with Crippen LogP contribution in [0.1, 0.15) is 0 Å². The summed E-state index contributed by atoms with van der Waals surface area (Å²) in [7, 11) is 0. The second kappa shape index (κ2) is 3.47. The van der Waals surface area contributed by atoms with Gasteiger partial charge in [0.25, 0.3) is 0 Å². The third kappa shape index (κ3) is 2.01. The molecule has 0 fully saturated rings. The van der Waals surface area contributed by atoms with Gasteiger partial charge in [-0.25, -0.2) is 4.98 Å². The van der Waals surface area contributed by atoms with Gasteiger partial charge in [0, 0.05) is 9.77 Å². The van der Waals surface area contributed by atoms with Gasteiger partial charge in [-0.1, -0.05) is 0 Å². The zero-order valence-electron chi connectivity index (χ0n) is 4.24. The lowest BCUT2D eigenvalue weighted by molar-refractivity contribution is 1.23. The van der Waals surface area contributed by atoms with Crippen molar-refractivity contribution in [3.8, 4) is 0 Å². The first-order valence-corrected chi connectivity index (χ1v) is 5.12. The van der Waals surface area contributed by atoms with Gasteiger partial charge >= 0.3 is 0 Å². The average Bonchev–Trinajstić information content (AvgIpc) is 1.83. The summed E-state index contributed by atoms with van der Waals surface area (Å²) in [4.78, 5) is 4.07. The summed E-state index contributed by atoms with van der Waals surface area (Å²) >= 11 is 7.85. The van der Waals surface area contributed by atoms with Crippen molar-refractivity contribution < 1.29 is 0 Å². The normalized spacial score (nSPS) is 9.67. The predicted molar refractivity (Wildman–Crippen MR) is 57.4 cm³/mol. The number of aromatic nitrogens is 1. The maximum absolute atomic E-state index is 4.07. The Kier molecular flexibility index (Phi) is 3.16. The molecule has 0 amide bonds. The Bertz CT molecular complexity index is 206. The van der Waals surface area contributed by atoms with E-state index in [9.17, 15) is 0 Å². The molecule has 0 unspecified atom stereocenters. The van der Waals surface area contributed by atoms with Crippen LogP contribution in [0.4, 0.5) is 0 Å². The third-order valence-electron chi connectivity index (χ3n) is 0.800. The second-order valence-electron chi connectivity index (χ2n) is 1.40. The highest BCUT2D eigenvalue weighted by atomic mass is 127. The molecule has 0 bridgehead atoms. The lowest BCUT2D eigenvalue weighted by atomic mass is 10.5. The number of halogens is 3. The Labute approximate surface area is 89.0 Å². The summed E-state index contributed by atoms with van der Waals surface area (Å²) < 4.78 is 3.30. The van der Waals surface area contributed by atoms with Crippen LogP contribution >= 0.6 is 61.1 Å². The van der Waals surface area contributed by atoms with Gasteiger partial charge in [-0.15, -0.1) is 0 Å². The fourth-order valence-corrected chi connectivity index (χ4v) is 2.01. The highest BCUT2D eigenvalue weighted by Crippen LogP contribution is 2.22. The van der Waals surface area contributed by atoms with E-state index in [1.165, 1.54) is 3.57 Å². The van der Waals surface area contributed by atoms with Crippen LogP contribution in [0.3, 0.4) is 0 Å². The van der Waals surface area contributed by atoms with Gasteiger partial charge in [-0.05, 0) is 67.2 Å². The van der Waals surface area contributed by atoms with Crippen LogP contribution < -0.4 is 0 Å². The van der Waals surface area contributed by atoms with E-state index in [2.05, 4.69) is 66.1 Å². The Balaban J connectivity index is 3.25. The number of hydrogen-bond acceptors (Lipinski definition) is 1. The molecule has 0 spiro atoms. The summed E-state index contributed by atoms with van der Waals surface area (Å²) in [6.07, 6.45) is 1.80. The first-order valence-electron chi connectivity index (χ1n) is 2.17. The molecule has 0 radical (unpaired) electrons. The zero-order valence-corrected chi connectivity index (χ0v) is 10.1. The second-order valence-corrected chi connectivity index (χ2v) is 4.37. The van der Waals surface area contributed by atoms with Gasteiger partial charge in [0.05, 0.1) is 4.47 Å². The van der Waals surface area contributed by atoms with Crippen molar-refractivity contribution in [2.24, 2.45) is 0 Å². The minimum absolute atomic E-state index is 1.01. The van der Waals surface area contributed by atoms with Gasteiger partial charge in [0.15, 0.2) is 0 Å². The molecule has 0 aliphatic rings. The molecule has 0 aromatic carbocycles. The molecule has 0 saturated heterocycles. The molecular formula is C5H2BrI2N. The molecule has 9 heavy (non-hydrogen) atoms. The minimum atomic E-state index is 1.01. The van der Waals surface area contributed by atoms with Gasteiger partial charge in [0.1, 0.15) is 3.70 Å². The van der Waals surface area contributed by atoms with Crippen LogP contribution in [0.2, 0.25) is 0 Å². The van der Waals surface area contributed by atoms with E-state index in [4.69, 9.17) is 0 Å². The average molecular weight is 410 g/mol. The van der Waals surface area contributed by atoms with E-state index in [0.717, 1.165) is 8.17 Å². The summed E-state index contributed by atoms with van der Waals surface area (Å²) in [5, 5.41) is 0. The molecule has 1 rings (SSSR count). The Morgan fingerprint density at radius 2 is 2.11 bits per heavy atom. The van der Waals surface area contributed by atoms with Crippen LogP contribution in [-0.2, 0) is 0 Å². The number of nitrogens with zero attached hydrogens (tertiary/aromatic N) is 1. The van der Waals surface area contributed by atoms with Gasteiger partial charge in [-0.2, -0.15) is 0 Å². The van der Waals surface area contributed by atoms with Crippen molar-refractivity contribution >= 4 is 61.1 Å². The monoisotopic (exact) mass is 409 g/mol. The summed E-state index contributed by atoms with van der Waals surface area (Å²) in [5.74, 6) is 0. The lowest BCUT2D eigenvalue weighted by Crippen LogP contribution is -1.83. The van der Waals surface area contributed by atoms with Crippen molar-refractivity contribution in [1.29, 1.82) is 0 Å². The highest BCUT2D eigenvalue weighted by molar-refractivity contribution is 14.1. The molecule has 1 heterocycles. The predicted octanol–water partition coefficient (Wildman–Crippen LogP) is 3.05. The van der Waals surface area contributed by atoms with E-state index in [1.54, 1.807) is 6.20 Å². The molecule has 0 aliphatic carbocycles. The molecule has 0 N–H and O–H groups in total. The molecule has 1 aromatic heterocycles. The maximum Gasteiger partial charge on any atom is 0.116 e. The molecule has 0 atom stereocenters. The first-order chi connectivity index (χ1) is 4.22. The lowest BCUT2D eigenvalue weighted by Gasteiger charge is -1.94. The quantitative estimate of drug-likeness (QED) is 0.474. The van der Waals surface area contributed by atoms with Gasteiger partial charge in [0.2, 0.25) is 0 Å². The third-order valence-corrected chi connectivity index (χ3v) is 4.80. The molecule has 4 heteroatoms. The summed E-state index contributed by atoms with van der Waals surface area (Å²) in [6, 6.07) is 1.97. The van der Waals surface area contributed by atoms with E-state index in [1.807, 2.05) is 6.07 Å². The number of pyridine rings is 1. The van der Waals surface area contributed by atoms with E-state index < -0.39 is 0 Å². The van der Waals surface area contributed by atoms with Crippen molar-refractivity contribution in [1.82, 2.24) is 4.98 Å². The van der Waals surface area contributed by atoms with Gasteiger partial charge in [-0.3, -0.25) is 0 Å². The van der Waals surface area contributed by atoms with Crippen molar-refractivity contribution in [2.75, 3.05) is 0 Å². The summed E-state index contributed by atoms with van der Waals surface area (Å²) in [6.45, 7) is 0.